The van der Waals surface area contributed by atoms with Crippen LogP contribution in [0.3, 0.4) is 0 Å². The van der Waals surface area contributed by atoms with Crippen molar-refractivity contribution in [3.63, 3.8) is 0 Å². The molecule has 0 saturated heterocycles. The smallest absolute Gasteiger partial charge is 0.324 e. The number of amides is 1. The second-order valence-corrected chi connectivity index (χ2v) is 5.67. The Kier molecular flexibility index (Phi) is 5.15. The van der Waals surface area contributed by atoms with E-state index >= 15 is 0 Å². The Bertz CT molecular complexity index is 734. The standard InChI is InChI=1S/C12H9ClF4N4OS/c1-21-10(12(15,16)17)19-20-11(21)23-5-9(22)18-8-3-2-6(14)4-7(8)13/h2-4H,5H2,1H3,(H,18,22). The summed E-state index contributed by atoms with van der Waals surface area (Å²) in [5.74, 6) is -2.44. The fourth-order valence-corrected chi connectivity index (χ4v) is 2.52. The zero-order valence-corrected chi connectivity index (χ0v) is 13.1. The van der Waals surface area contributed by atoms with Crippen molar-refractivity contribution in [1.29, 1.82) is 0 Å². The second-order valence-electron chi connectivity index (χ2n) is 4.32. The molecule has 0 bridgehead atoms. The van der Waals surface area contributed by atoms with Crippen molar-refractivity contribution in [2.75, 3.05) is 11.1 Å². The molecule has 1 aromatic heterocycles. The van der Waals surface area contributed by atoms with E-state index in [2.05, 4.69) is 15.5 Å². The Hall–Kier alpha value is -1.81. The summed E-state index contributed by atoms with van der Waals surface area (Å²) < 4.78 is 51.3. The average Bonchev–Trinajstić information content (AvgIpc) is 2.81. The number of nitrogens with zero attached hydrogens (tertiary/aromatic N) is 3. The van der Waals surface area contributed by atoms with Gasteiger partial charge in [0.25, 0.3) is 0 Å². The quantitative estimate of drug-likeness (QED) is 0.664. The molecule has 1 heterocycles. The number of carbonyl (C=O) groups excluding carboxylic acids is 1. The van der Waals surface area contributed by atoms with Gasteiger partial charge in [0.15, 0.2) is 5.16 Å². The number of hydrogen-bond acceptors (Lipinski definition) is 4. The Balaban J connectivity index is 1.98. The minimum absolute atomic E-state index is 0.0152. The van der Waals surface area contributed by atoms with E-state index in [1.54, 1.807) is 0 Å². The van der Waals surface area contributed by atoms with Crippen LogP contribution in [0.15, 0.2) is 23.4 Å². The molecule has 0 aliphatic heterocycles. The first-order valence-electron chi connectivity index (χ1n) is 6.03. The van der Waals surface area contributed by atoms with Gasteiger partial charge in [-0.3, -0.25) is 4.79 Å². The van der Waals surface area contributed by atoms with Crippen LogP contribution < -0.4 is 5.32 Å². The number of aromatic nitrogens is 3. The highest BCUT2D eigenvalue weighted by Gasteiger charge is 2.37. The van der Waals surface area contributed by atoms with Crippen molar-refractivity contribution < 1.29 is 22.4 Å². The Morgan fingerprint density at radius 2 is 2.09 bits per heavy atom. The van der Waals surface area contributed by atoms with Crippen LogP contribution in [0.4, 0.5) is 23.2 Å². The van der Waals surface area contributed by atoms with Gasteiger partial charge >= 0.3 is 6.18 Å². The van der Waals surface area contributed by atoms with E-state index in [0.29, 0.717) is 0 Å². The summed E-state index contributed by atoms with van der Waals surface area (Å²) in [7, 11) is 1.15. The molecule has 124 valence electrons. The van der Waals surface area contributed by atoms with Crippen LogP contribution in [-0.2, 0) is 18.0 Å². The van der Waals surface area contributed by atoms with E-state index in [4.69, 9.17) is 11.6 Å². The van der Waals surface area contributed by atoms with Gasteiger partial charge in [0.1, 0.15) is 5.82 Å². The maximum atomic E-state index is 12.9. The summed E-state index contributed by atoms with van der Waals surface area (Å²) in [5.41, 5.74) is 0.201. The molecular weight excluding hydrogens is 360 g/mol. The van der Waals surface area contributed by atoms with Gasteiger partial charge < -0.3 is 9.88 Å². The number of rotatable bonds is 4. The van der Waals surface area contributed by atoms with E-state index in [-0.39, 0.29) is 21.6 Å². The van der Waals surface area contributed by atoms with Crippen molar-refractivity contribution in [3.05, 3.63) is 34.9 Å². The minimum atomic E-state index is -4.62. The molecule has 0 atom stereocenters. The summed E-state index contributed by atoms with van der Waals surface area (Å²) >= 11 is 6.54. The Labute approximate surface area is 137 Å². The fraction of sp³-hybridized carbons (Fsp3) is 0.250. The highest BCUT2D eigenvalue weighted by molar-refractivity contribution is 7.99. The predicted octanol–water partition coefficient (Wildman–Crippen LogP) is 3.36. The molecule has 11 heteroatoms. The number of alkyl halides is 3. The topological polar surface area (TPSA) is 59.8 Å². The summed E-state index contributed by atoms with van der Waals surface area (Å²) in [6, 6.07) is 3.43. The molecule has 1 N–H and O–H groups in total. The lowest BCUT2D eigenvalue weighted by atomic mass is 10.3. The monoisotopic (exact) mass is 368 g/mol. The molecule has 0 fully saturated rings. The maximum absolute atomic E-state index is 12.9. The number of halogens is 5. The van der Waals surface area contributed by atoms with Gasteiger partial charge in [-0.15, -0.1) is 10.2 Å². The predicted molar refractivity (Wildman–Crippen MR) is 76.8 cm³/mol. The fourth-order valence-electron chi connectivity index (χ4n) is 1.59. The first kappa shape index (κ1) is 17.5. The molecule has 2 aromatic rings. The van der Waals surface area contributed by atoms with Crippen LogP contribution in [0.2, 0.25) is 5.02 Å². The van der Waals surface area contributed by atoms with E-state index < -0.39 is 23.7 Å². The van der Waals surface area contributed by atoms with Gasteiger partial charge in [0.2, 0.25) is 11.7 Å². The number of thioether (sulfide) groups is 1. The zero-order valence-electron chi connectivity index (χ0n) is 11.5. The number of carbonyl (C=O) groups is 1. The van der Waals surface area contributed by atoms with Gasteiger partial charge in [0, 0.05) is 7.05 Å². The number of hydrogen-bond donors (Lipinski definition) is 1. The summed E-state index contributed by atoms with van der Waals surface area (Å²) in [4.78, 5) is 11.8. The lowest BCUT2D eigenvalue weighted by Gasteiger charge is -2.08. The highest BCUT2D eigenvalue weighted by atomic mass is 35.5. The Morgan fingerprint density at radius 1 is 1.39 bits per heavy atom. The normalized spacial score (nSPS) is 11.6. The third kappa shape index (κ3) is 4.35. The molecule has 0 aliphatic carbocycles. The first-order valence-corrected chi connectivity index (χ1v) is 7.39. The Morgan fingerprint density at radius 3 is 2.65 bits per heavy atom. The lowest BCUT2D eigenvalue weighted by molar-refractivity contribution is -0.147. The molecule has 2 rings (SSSR count). The molecule has 0 saturated carbocycles. The van der Waals surface area contributed by atoms with Gasteiger partial charge in [0.05, 0.1) is 16.5 Å². The van der Waals surface area contributed by atoms with E-state index in [9.17, 15) is 22.4 Å². The summed E-state index contributed by atoms with van der Waals surface area (Å²) in [5, 5.41) is 8.82. The second kappa shape index (κ2) is 6.75. The molecular formula is C12H9ClF4N4OS. The van der Waals surface area contributed by atoms with E-state index in [1.165, 1.54) is 6.07 Å². The van der Waals surface area contributed by atoms with Crippen LogP contribution in [-0.4, -0.2) is 26.4 Å². The van der Waals surface area contributed by atoms with Crippen LogP contribution in [0.1, 0.15) is 5.82 Å². The third-order valence-corrected chi connectivity index (χ3v) is 3.96. The zero-order chi connectivity index (χ0) is 17.2. The molecule has 1 aromatic carbocycles. The molecule has 0 aliphatic rings. The molecule has 5 nitrogen and oxygen atoms in total. The first-order chi connectivity index (χ1) is 10.7. The van der Waals surface area contributed by atoms with Crippen molar-refractivity contribution in [2.24, 2.45) is 7.05 Å². The highest BCUT2D eigenvalue weighted by Crippen LogP contribution is 2.29. The maximum Gasteiger partial charge on any atom is 0.451 e. The van der Waals surface area contributed by atoms with Crippen LogP contribution >= 0.6 is 23.4 Å². The van der Waals surface area contributed by atoms with Crippen molar-refractivity contribution in [3.8, 4) is 0 Å². The molecule has 0 radical (unpaired) electrons. The SMILES string of the molecule is Cn1c(SCC(=O)Nc2ccc(F)cc2Cl)nnc1C(F)(F)F. The number of nitrogens with one attached hydrogen (secondary N) is 1. The molecule has 0 spiro atoms. The van der Waals surface area contributed by atoms with Crippen LogP contribution in [0, 0.1) is 5.82 Å². The molecule has 1 amide bonds. The number of anilines is 1. The van der Waals surface area contributed by atoms with Crippen LogP contribution in [0.25, 0.3) is 0 Å². The summed E-state index contributed by atoms with van der Waals surface area (Å²) in [6.45, 7) is 0. The molecule has 0 unspecified atom stereocenters. The summed E-state index contributed by atoms with van der Waals surface area (Å²) in [6.07, 6.45) is -4.62. The lowest BCUT2D eigenvalue weighted by Crippen LogP contribution is -2.15. The van der Waals surface area contributed by atoms with Crippen LogP contribution in [0.5, 0.6) is 0 Å². The molecule has 23 heavy (non-hydrogen) atoms. The van der Waals surface area contributed by atoms with E-state index in [0.717, 1.165) is 35.5 Å². The average molecular weight is 369 g/mol. The third-order valence-electron chi connectivity index (χ3n) is 2.63. The van der Waals surface area contributed by atoms with Gasteiger partial charge in [-0.1, -0.05) is 23.4 Å². The van der Waals surface area contributed by atoms with Gasteiger partial charge in [-0.05, 0) is 18.2 Å². The van der Waals surface area contributed by atoms with Gasteiger partial charge in [-0.25, -0.2) is 4.39 Å². The minimum Gasteiger partial charge on any atom is -0.324 e. The van der Waals surface area contributed by atoms with E-state index in [1.807, 2.05) is 0 Å². The largest absolute Gasteiger partial charge is 0.451 e. The van der Waals surface area contributed by atoms with Gasteiger partial charge in [-0.2, -0.15) is 13.2 Å². The van der Waals surface area contributed by atoms with Crippen molar-refractivity contribution in [2.45, 2.75) is 11.3 Å². The van der Waals surface area contributed by atoms with Crippen molar-refractivity contribution >= 4 is 35.0 Å². The number of benzene rings is 1. The van der Waals surface area contributed by atoms with Crippen molar-refractivity contribution in [1.82, 2.24) is 14.8 Å².